The van der Waals surface area contributed by atoms with E-state index in [9.17, 15) is 18.5 Å². The number of rotatable bonds is 6. The van der Waals surface area contributed by atoms with Crippen molar-refractivity contribution in [2.24, 2.45) is 0 Å². The second-order valence-electron chi connectivity index (χ2n) is 5.01. The highest BCUT2D eigenvalue weighted by atomic mass is 35.5. The van der Waals surface area contributed by atoms with Crippen LogP contribution in [-0.2, 0) is 10.0 Å². The van der Waals surface area contributed by atoms with E-state index in [1.54, 1.807) is 25.1 Å². The van der Waals surface area contributed by atoms with Gasteiger partial charge in [0.1, 0.15) is 0 Å². The molecule has 0 aliphatic rings. The zero-order valence-corrected chi connectivity index (χ0v) is 14.4. The summed E-state index contributed by atoms with van der Waals surface area (Å²) < 4.78 is 27.0. The van der Waals surface area contributed by atoms with Gasteiger partial charge >= 0.3 is 0 Å². The summed E-state index contributed by atoms with van der Waals surface area (Å²) in [5, 5.41) is 11.5. The van der Waals surface area contributed by atoms with Crippen molar-refractivity contribution in [3.63, 3.8) is 0 Å². The fraction of sp³-hybridized carbons (Fsp3) is 0.125. The van der Waals surface area contributed by atoms with Gasteiger partial charge in [0.25, 0.3) is 15.7 Å². The van der Waals surface area contributed by atoms with Gasteiger partial charge in [-0.3, -0.25) is 14.4 Å². The molecule has 24 heavy (non-hydrogen) atoms. The topological polar surface area (TPSA) is 80.5 Å². The highest BCUT2D eigenvalue weighted by molar-refractivity contribution is 7.92. The molecule has 0 aliphatic carbocycles. The normalized spacial score (nSPS) is 11.1. The molecule has 2 aromatic carbocycles. The van der Waals surface area contributed by atoms with Crippen LogP contribution in [0.3, 0.4) is 0 Å². The quantitative estimate of drug-likeness (QED) is 0.440. The Hall–Kier alpha value is -2.38. The minimum absolute atomic E-state index is 0.00432. The molecule has 0 amide bonds. The number of aryl methyl sites for hydroxylation is 1. The molecule has 0 saturated heterocycles. The Morgan fingerprint density at radius 3 is 2.58 bits per heavy atom. The van der Waals surface area contributed by atoms with E-state index in [2.05, 4.69) is 6.58 Å². The van der Waals surface area contributed by atoms with Gasteiger partial charge in [0, 0.05) is 16.7 Å². The van der Waals surface area contributed by atoms with Crippen LogP contribution in [0.15, 0.2) is 60.0 Å². The zero-order valence-electron chi connectivity index (χ0n) is 12.8. The Bertz CT molecular complexity index is 897. The van der Waals surface area contributed by atoms with Crippen molar-refractivity contribution in [1.82, 2.24) is 0 Å². The van der Waals surface area contributed by atoms with Gasteiger partial charge in [0.05, 0.1) is 22.1 Å². The highest BCUT2D eigenvalue weighted by Crippen LogP contribution is 2.29. The van der Waals surface area contributed by atoms with Crippen molar-refractivity contribution in [2.75, 3.05) is 10.8 Å². The average Bonchev–Trinajstić information content (AvgIpc) is 2.52. The Balaban J connectivity index is 2.59. The van der Waals surface area contributed by atoms with E-state index in [-0.39, 0.29) is 17.1 Å². The van der Waals surface area contributed by atoms with Crippen molar-refractivity contribution in [3.8, 4) is 0 Å². The van der Waals surface area contributed by atoms with Crippen LogP contribution in [0.1, 0.15) is 5.56 Å². The van der Waals surface area contributed by atoms with Crippen LogP contribution < -0.4 is 4.31 Å². The van der Waals surface area contributed by atoms with Gasteiger partial charge in [0.2, 0.25) is 0 Å². The molecule has 0 fully saturated rings. The van der Waals surface area contributed by atoms with Gasteiger partial charge in [-0.1, -0.05) is 29.8 Å². The maximum atomic E-state index is 12.9. The number of anilines is 1. The lowest BCUT2D eigenvalue weighted by Crippen LogP contribution is -2.31. The number of nitro benzene ring substituents is 1. The SMILES string of the molecule is C=CCN(c1cccc(Cl)c1)S(=O)(=O)c1ccc(C)c([N+](=O)[O-])c1. The minimum atomic E-state index is -4.01. The van der Waals surface area contributed by atoms with E-state index in [4.69, 9.17) is 11.6 Å². The maximum absolute atomic E-state index is 12.9. The van der Waals surface area contributed by atoms with Gasteiger partial charge in [-0.05, 0) is 31.2 Å². The van der Waals surface area contributed by atoms with Crippen LogP contribution in [0.4, 0.5) is 11.4 Å². The lowest BCUT2D eigenvalue weighted by Gasteiger charge is -2.23. The summed E-state index contributed by atoms with van der Waals surface area (Å²) in [5.74, 6) is 0. The molecule has 0 unspecified atom stereocenters. The van der Waals surface area contributed by atoms with Gasteiger partial charge in [-0.15, -0.1) is 6.58 Å². The molecule has 0 aromatic heterocycles. The summed E-state index contributed by atoms with van der Waals surface area (Å²) in [5.41, 5.74) is 0.489. The summed E-state index contributed by atoms with van der Waals surface area (Å²) in [6, 6.07) is 10.2. The Kier molecular flexibility index (Phi) is 5.26. The van der Waals surface area contributed by atoms with Crippen molar-refractivity contribution in [2.45, 2.75) is 11.8 Å². The van der Waals surface area contributed by atoms with E-state index >= 15 is 0 Å². The number of sulfonamides is 1. The second-order valence-corrected chi connectivity index (χ2v) is 7.31. The highest BCUT2D eigenvalue weighted by Gasteiger charge is 2.26. The van der Waals surface area contributed by atoms with Crippen LogP contribution in [-0.4, -0.2) is 19.9 Å². The van der Waals surface area contributed by atoms with Gasteiger partial charge in [-0.2, -0.15) is 0 Å². The first-order valence-electron chi connectivity index (χ1n) is 6.91. The molecule has 0 saturated carbocycles. The molecule has 126 valence electrons. The van der Waals surface area contributed by atoms with Crippen LogP contribution in [0.25, 0.3) is 0 Å². The first-order chi connectivity index (χ1) is 11.3. The average molecular weight is 367 g/mol. The summed E-state index contributed by atoms with van der Waals surface area (Å²) in [6.07, 6.45) is 1.43. The third-order valence-electron chi connectivity index (χ3n) is 3.36. The van der Waals surface area contributed by atoms with Crippen molar-refractivity contribution >= 4 is 33.0 Å². The number of hydrogen-bond acceptors (Lipinski definition) is 4. The van der Waals surface area contributed by atoms with E-state index in [0.717, 1.165) is 10.4 Å². The summed E-state index contributed by atoms with van der Waals surface area (Å²) in [7, 11) is -4.01. The molecule has 2 rings (SSSR count). The number of nitro groups is 1. The maximum Gasteiger partial charge on any atom is 0.273 e. The molecular formula is C16H15ClN2O4S. The van der Waals surface area contributed by atoms with Crippen LogP contribution >= 0.6 is 11.6 Å². The monoisotopic (exact) mass is 366 g/mol. The number of benzene rings is 2. The van der Waals surface area contributed by atoms with Crippen LogP contribution in [0.5, 0.6) is 0 Å². The van der Waals surface area contributed by atoms with Crippen molar-refractivity contribution < 1.29 is 13.3 Å². The van der Waals surface area contributed by atoms with Crippen molar-refractivity contribution in [1.29, 1.82) is 0 Å². The first kappa shape index (κ1) is 18.0. The molecule has 0 N–H and O–H groups in total. The largest absolute Gasteiger partial charge is 0.273 e. The Labute approximate surface area is 145 Å². The molecule has 0 atom stereocenters. The number of halogens is 1. The van der Waals surface area contributed by atoms with Gasteiger partial charge in [-0.25, -0.2) is 8.42 Å². The fourth-order valence-corrected chi connectivity index (χ4v) is 3.80. The lowest BCUT2D eigenvalue weighted by molar-refractivity contribution is -0.385. The van der Waals surface area contributed by atoms with E-state index < -0.39 is 14.9 Å². The second kappa shape index (κ2) is 7.02. The van der Waals surface area contributed by atoms with Gasteiger partial charge < -0.3 is 0 Å². The van der Waals surface area contributed by atoms with E-state index in [1.165, 1.54) is 24.3 Å². The summed E-state index contributed by atoms with van der Waals surface area (Å²) in [4.78, 5) is 10.3. The van der Waals surface area contributed by atoms with Crippen LogP contribution in [0.2, 0.25) is 5.02 Å². The zero-order chi connectivity index (χ0) is 17.9. The summed E-state index contributed by atoms with van der Waals surface area (Å²) in [6.45, 7) is 5.12. The molecule has 0 aliphatic heterocycles. The first-order valence-corrected chi connectivity index (χ1v) is 8.73. The smallest absolute Gasteiger partial charge is 0.262 e. The fourth-order valence-electron chi connectivity index (χ4n) is 2.16. The molecule has 0 spiro atoms. The molecule has 2 aromatic rings. The number of hydrogen-bond donors (Lipinski definition) is 0. The standard InChI is InChI=1S/C16H15ClN2O4S/c1-3-9-18(14-6-4-5-13(17)10-14)24(22,23)15-8-7-12(2)16(11-15)19(20)21/h3-8,10-11H,1,9H2,2H3. The van der Waals surface area contributed by atoms with Gasteiger partial charge in [0.15, 0.2) is 0 Å². The predicted molar refractivity (Wildman–Crippen MR) is 94.0 cm³/mol. The lowest BCUT2D eigenvalue weighted by atomic mass is 10.2. The van der Waals surface area contributed by atoms with E-state index in [0.29, 0.717) is 16.3 Å². The third-order valence-corrected chi connectivity index (χ3v) is 5.38. The molecule has 6 nitrogen and oxygen atoms in total. The van der Waals surface area contributed by atoms with E-state index in [1.807, 2.05) is 0 Å². The van der Waals surface area contributed by atoms with Crippen LogP contribution in [0, 0.1) is 17.0 Å². The molecule has 0 heterocycles. The predicted octanol–water partition coefficient (Wildman–Crippen LogP) is 3.94. The Morgan fingerprint density at radius 1 is 1.29 bits per heavy atom. The minimum Gasteiger partial charge on any atom is -0.262 e. The number of nitrogens with zero attached hydrogens (tertiary/aromatic N) is 2. The molecule has 8 heteroatoms. The van der Waals surface area contributed by atoms with Crippen molar-refractivity contribution in [3.05, 3.63) is 75.8 Å². The Morgan fingerprint density at radius 2 is 2.00 bits per heavy atom. The molecule has 0 bridgehead atoms. The molecular weight excluding hydrogens is 352 g/mol. The third kappa shape index (κ3) is 3.58. The molecule has 0 radical (unpaired) electrons. The summed E-state index contributed by atoms with van der Waals surface area (Å²) >= 11 is 5.94.